The van der Waals surface area contributed by atoms with Crippen molar-refractivity contribution < 1.29 is 4.79 Å². The molecule has 0 bridgehead atoms. The van der Waals surface area contributed by atoms with Crippen molar-refractivity contribution in [3.63, 3.8) is 0 Å². The molecule has 0 saturated carbocycles. The summed E-state index contributed by atoms with van der Waals surface area (Å²) in [6.45, 7) is 6.15. The molecule has 1 amide bonds. The number of carbonyl (C=O) groups is 1. The molecule has 1 unspecified atom stereocenters. The monoisotopic (exact) mass is 381 g/mol. The van der Waals surface area contributed by atoms with Gasteiger partial charge in [-0.25, -0.2) is 0 Å². The predicted molar refractivity (Wildman–Crippen MR) is 105 cm³/mol. The zero-order chi connectivity index (χ0) is 17.7. The maximum absolute atomic E-state index is 12.1. The molecule has 1 N–H and O–H groups in total. The molecule has 0 aliphatic heterocycles. The second-order valence-electron chi connectivity index (χ2n) is 5.88. The Morgan fingerprint density at radius 3 is 2.58 bits per heavy atom. The largest absolute Gasteiger partial charge is 0.349 e. The van der Waals surface area contributed by atoms with E-state index in [4.69, 9.17) is 23.2 Å². The first-order valence-corrected chi connectivity index (χ1v) is 9.66. The van der Waals surface area contributed by atoms with E-state index in [9.17, 15) is 4.79 Å². The molecule has 2 nitrogen and oxygen atoms in total. The second kappa shape index (κ2) is 8.80. The van der Waals surface area contributed by atoms with Gasteiger partial charge in [0.2, 0.25) is 5.91 Å². The first-order valence-electron chi connectivity index (χ1n) is 7.75. The van der Waals surface area contributed by atoms with E-state index in [0.717, 1.165) is 11.1 Å². The minimum Gasteiger partial charge on any atom is -0.349 e. The number of nitrogens with one attached hydrogen (secondary N) is 1. The standard InChI is InChI=1S/C19H21Cl2NOS/c1-12-4-7-17(13(2)8-12)14(3)22-19(23)11-24-10-15-5-6-16(20)9-18(15)21/h4-9,14H,10-11H2,1-3H3,(H,22,23). The topological polar surface area (TPSA) is 29.1 Å². The molecule has 0 fully saturated rings. The molecule has 1 atom stereocenters. The van der Waals surface area contributed by atoms with Crippen LogP contribution in [-0.2, 0) is 10.5 Å². The van der Waals surface area contributed by atoms with Gasteiger partial charge in [0, 0.05) is 15.8 Å². The van der Waals surface area contributed by atoms with Crippen LogP contribution in [-0.4, -0.2) is 11.7 Å². The van der Waals surface area contributed by atoms with E-state index in [-0.39, 0.29) is 11.9 Å². The van der Waals surface area contributed by atoms with Gasteiger partial charge in [-0.05, 0) is 49.6 Å². The summed E-state index contributed by atoms with van der Waals surface area (Å²) in [7, 11) is 0. The zero-order valence-corrected chi connectivity index (χ0v) is 16.4. The van der Waals surface area contributed by atoms with Crippen LogP contribution >= 0.6 is 35.0 Å². The summed E-state index contributed by atoms with van der Waals surface area (Å²) in [6.07, 6.45) is 0. The van der Waals surface area contributed by atoms with Crippen LogP contribution in [0.5, 0.6) is 0 Å². The average Bonchev–Trinajstić information content (AvgIpc) is 2.49. The first kappa shape index (κ1) is 19.2. The van der Waals surface area contributed by atoms with Crippen LogP contribution in [0.2, 0.25) is 10.0 Å². The number of carbonyl (C=O) groups excluding carboxylic acids is 1. The van der Waals surface area contributed by atoms with E-state index in [0.29, 0.717) is 21.6 Å². The molecule has 0 heterocycles. The van der Waals surface area contributed by atoms with Gasteiger partial charge in [-0.2, -0.15) is 0 Å². The number of hydrogen-bond acceptors (Lipinski definition) is 2. The Labute approximate surface area is 157 Å². The highest BCUT2D eigenvalue weighted by molar-refractivity contribution is 7.99. The van der Waals surface area contributed by atoms with Crippen molar-refractivity contribution in [1.29, 1.82) is 0 Å². The summed E-state index contributed by atoms with van der Waals surface area (Å²) in [6, 6.07) is 11.7. The lowest BCUT2D eigenvalue weighted by molar-refractivity contribution is -0.119. The van der Waals surface area contributed by atoms with Crippen LogP contribution in [0, 0.1) is 13.8 Å². The highest BCUT2D eigenvalue weighted by Gasteiger charge is 2.12. The summed E-state index contributed by atoms with van der Waals surface area (Å²) >= 11 is 13.6. The number of hydrogen-bond donors (Lipinski definition) is 1. The van der Waals surface area contributed by atoms with Gasteiger partial charge in [-0.1, -0.05) is 53.0 Å². The first-order chi connectivity index (χ1) is 11.4. The molecule has 0 radical (unpaired) electrons. The lowest BCUT2D eigenvalue weighted by Crippen LogP contribution is -2.28. The van der Waals surface area contributed by atoms with Crippen molar-refractivity contribution in [2.75, 3.05) is 5.75 Å². The highest BCUT2D eigenvalue weighted by atomic mass is 35.5. The molecule has 24 heavy (non-hydrogen) atoms. The summed E-state index contributed by atoms with van der Waals surface area (Å²) in [5, 5.41) is 4.31. The number of benzene rings is 2. The molecule has 0 spiro atoms. The van der Waals surface area contributed by atoms with Gasteiger partial charge in [0.1, 0.15) is 0 Å². The molecule has 5 heteroatoms. The van der Waals surface area contributed by atoms with Gasteiger partial charge in [-0.3, -0.25) is 4.79 Å². The van der Waals surface area contributed by atoms with E-state index < -0.39 is 0 Å². The van der Waals surface area contributed by atoms with Gasteiger partial charge >= 0.3 is 0 Å². The van der Waals surface area contributed by atoms with Crippen molar-refractivity contribution in [3.8, 4) is 0 Å². The molecule has 0 aliphatic rings. The van der Waals surface area contributed by atoms with Crippen molar-refractivity contribution in [1.82, 2.24) is 5.32 Å². The Morgan fingerprint density at radius 2 is 1.92 bits per heavy atom. The third kappa shape index (κ3) is 5.44. The third-order valence-corrected chi connectivity index (χ3v) is 5.34. The van der Waals surface area contributed by atoms with Crippen LogP contribution in [0.1, 0.15) is 35.2 Å². The number of aryl methyl sites for hydroxylation is 2. The quantitative estimate of drug-likeness (QED) is 0.692. The van der Waals surface area contributed by atoms with Crippen LogP contribution in [0.25, 0.3) is 0 Å². The minimum atomic E-state index is -0.00202. The predicted octanol–water partition coefficient (Wildman–Crippen LogP) is 5.72. The van der Waals surface area contributed by atoms with E-state index in [1.807, 2.05) is 19.1 Å². The lowest BCUT2D eigenvalue weighted by atomic mass is 10.0. The molecule has 0 aliphatic carbocycles. The van der Waals surface area contributed by atoms with Crippen LogP contribution in [0.4, 0.5) is 0 Å². The normalized spacial score (nSPS) is 12.0. The molecule has 2 aromatic rings. The van der Waals surface area contributed by atoms with E-state index in [2.05, 4.69) is 37.4 Å². The molecular formula is C19H21Cl2NOS. The SMILES string of the molecule is Cc1ccc(C(C)NC(=O)CSCc2ccc(Cl)cc2Cl)c(C)c1. The van der Waals surface area contributed by atoms with Crippen molar-refractivity contribution >= 4 is 40.9 Å². The summed E-state index contributed by atoms with van der Waals surface area (Å²) in [5.41, 5.74) is 4.56. The van der Waals surface area contributed by atoms with Gasteiger partial charge in [0.05, 0.1) is 11.8 Å². The number of amides is 1. The van der Waals surface area contributed by atoms with Crippen molar-refractivity contribution in [2.24, 2.45) is 0 Å². The summed E-state index contributed by atoms with van der Waals surface area (Å²) < 4.78 is 0. The van der Waals surface area contributed by atoms with Gasteiger partial charge in [-0.15, -0.1) is 11.8 Å². The molecule has 0 saturated heterocycles. The summed E-state index contributed by atoms with van der Waals surface area (Å²) in [5.74, 6) is 1.10. The highest BCUT2D eigenvalue weighted by Crippen LogP contribution is 2.25. The summed E-state index contributed by atoms with van der Waals surface area (Å²) in [4.78, 5) is 12.1. The molecule has 2 aromatic carbocycles. The fourth-order valence-corrected chi connectivity index (χ4v) is 3.96. The Morgan fingerprint density at radius 1 is 1.17 bits per heavy atom. The van der Waals surface area contributed by atoms with E-state index >= 15 is 0 Å². The maximum Gasteiger partial charge on any atom is 0.230 e. The Hall–Kier alpha value is -1.16. The van der Waals surface area contributed by atoms with Crippen molar-refractivity contribution in [2.45, 2.75) is 32.6 Å². The fourth-order valence-electron chi connectivity index (χ4n) is 2.56. The Kier molecular flexibility index (Phi) is 7.02. The van der Waals surface area contributed by atoms with Gasteiger partial charge in [0.15, 0.2) is 0 Å². The van der Waals surface area contributed by atoms with E-state index in [1.54, 1.807) is 6.07 Å². The lowest BCUT2D eigenvalue weighted by Gasteiger charge is -2.17. The van der Waals surface area contributed by atoms with Gasteiger partial charge < -0.3 is 5.32 Å². The zero-order valence-electron chi connectivity index (χ0n) is 14.0. The average molecular weight is 382 g/mol. The Balaban J connectivity index is 1.84. The van der Waals surface area contributed by atoms with E-state index in [1.165, 1.54) is 22.9 Å². The van der Waals surface area contributed by atoms with Crippen molar-refractivity contribution in [3.05, 3.63) is 68.7 Å². The third-order valence-electron chi connectivity index (χ3n) is 3.78. The molecule has 128 valence electrons. The van der Waals surface area contributed by atoms with Gasteiger partial charge in [0.25, 0.3) is 0 Å². The molecular weight excluding hydrogens is 361 g/mol. The van der Waals surface area contributed by atoms with Crippen LogP contribution in [0.3, 0.4) is 0 Å². The number of halogens is 2. The van der Waals surface area contributed by atoms with Crippen LogP contribution < -0.4 is 5.32 Å². The minimum absolute atomic E-state index is 0.00202. The number of rotatable bonds is 6. The smallest absolute Gasteiger partial charge is 0.230 e. The number of thioether (sulfide) groups is 1. The second-order valence-corrected chi connectivity index (χ2v) is 7.71. The van der Waals surface area contributed by atoms with Crippen LogP contribution in [0.15, 0.2) is 36.4 Å². The molecule has 0 aromatic heterocycles. The Bertz CT molecular complexity index is 733. The molecule has 2 rings (SSSR count). The fraction of sp³-hybridized carbons (Fsp3) is 0.316. The maximum atomic E-state index is 12.1.